The summed E-state index contributed by atoms with van der Waals surface area (Å²) in [6.45, 7) is 3.80. The van der Waals surface area contributed by atoms with Crippen molar-refractivity contribution < 1.29 is 4.39 Å². The van der Waals surface area contributed by atoms with Gasteiger partial charge in [0, 0.05) is 29.6 Å². The number of fused-ring (bicyclic) bond motifs is 1. The molecule has 0 aliphatic carbocycles. The monoisotopic (exact) mass is 280 g/mol. The number of hydrogen-bond donors (Lipinski definition) is 0. The summed E-state index contributed by atoms with van der Waals surface area (Å²) in [7, 11) is 0. The van der Waals surface area contributed by atoms with E-state index in [1.807, 2.05) is 6.07 Å². The Balaban J connectivity index is 1.70. The smallest absolute Gasteiger partial charge is 0.123 e. The van der Waals surface area contributed by atoms with E-state index in [1.54, 1.807) is 12.1 Å². The topological polar surface area (TPSA) is 15.6 Å². The molecule has 0 bridgehead atoms. The summed E-state index contributed by atoms with van der Waals surface area (Å²) < 4.78 is 13.2. The first-order valence-corrected chi connectivity index (χ1v) is 7.43. The number of likely N-dealkylation sites (tertiary alicyclic amines) is 1. The van der Waals surface area contributed by atoms with Crippen LogP contribution in [0.4, 0.5) is 4.39 Å². The van der Waals surface area contributed by atoms with Gasteiger partial charge >= 0.3 is 0 Å². The molecule has 0 spiro atoms. The second-order valence-electron chi connectivity index (χ2n) is 5.31. The third-order valence-corrected chi connectivity index (χ3v) is 4.31. The Labute approximate surface area is 118 Å². The first-order valence-electron chi connectivity index (χ1n) is 6.89. The van der Waals surface area contributed by atoms with Gasteiger partial charge in [0.1, 0.15) is 5.82 Å². The van der Waals surface area contributed by atoms with Crippen LogP contribution in [0.25, 0.3) is 0 Å². The van der Waals surface area contributed by atoms with E-state index < -0.39 is 0 Å². The number of alkyl halides is 1. The number of hydrogen-bond acceptors (Lipinski definition) is 2. The van der Waals surface area contributed by atoms with E-state index >= 15 is 0 Å². The first kappa shape index (κ1) is 13.1. The normalized spacial score (nSPS) is 20.4. The van der Waals surface area contributed by atoms with Gasteiger partial charge in [-0.15, -0.1) is 11.6 Å². The quantitative estimate of drug-likeness (QED) is 0.777. The lowest BCUT2D eigenvalue weighted by atomic mass is 9.87. The maximum atomic E-state index is 13.2. The Bertz CT molecular complexity index is 493. The van der Waals surface area contributed by atoms with Crippen LogP contribution in [0, 0.1) is 11.7 Å². The second kappa shape index (κ2) is 5.59. The van der Waals surface area contributed by atoms with Crippen molar-refractivity contribution in [3.05, 3.63) is 35.1 Å². The number of rotatable bonds is 3. The average molecular weight is 281 g/mol. The van der Waals surface area contributed by atoms with Crippen LogP contribution in [-0.4, -0.2) is 36.1 Å². The van der Waals surface area contributed by atoms with E-state index in [0.29, 0.717) is 18.3 Å². The molecule has 0 radical (unpaired) electrons. The standard InChI is InChI=1S/C15H18ClFN2/c16-5-8-19-6-3-11(4-7-19)15-14-2-1-13(17)9-12(14)10-18-15/h1-2,9,11H,3-8,10H2. The van der Waals surface area contributed by atoms with Crippen molar-refractivity contribution in [1.29, 1.82) is 0 Å². The highest BCUT2D eigenvalue weighted by Gasteiger charge is 2.27. The molecular formula is C15H18ClFN2. The van der Waals surface area contributed by atoms with Crippen molar-refractivity contribution in [3.8, 4) is 0 Å². The summed E-state index contributed by atoms with van der Waals surface area (Å²) >= 11 is 5.78. The zero-order valence-electron chi connectivity index (χ0n) is 10.9. The zero-order chi connectivity index (χ0) is 13.2. The van der Waals surface area contributed by atoms with Crippen LogP contribution in [0.3, 0.4) is 0 Å². The van der Waals surface area contributed by atoms with E-state index in [-0.39, 0.29) is 5.82 Å². The minimum Gasteiger partial charge on any atom is -0.302 e. The second-order valence-corrected chi connectivity index (χ2v) is 5.69. The Hall–Kier alpha value is -0.930. The maximum absolute atomic E-state index is 13.2. The average Bonchev–Trinajstić information content (AvgIpc) is 2.83. The Morgan fingerprint density at radius 1 is 1.32 bits per heavy atom. The van der Waals surface area contributed by atoms with Gasteiger partial charge in [0.05, 0.1) is 6.54 Å². The molecule has 2 heterocycles. The first-order chi connectivity index (χ1) is 9.28. The van der Waals surface area contributed by atoms with Crippen LogP contribution in [0.15, 0.2) is 23.2 Å². The summed E-state index contributed by atoms with van der Waals surface area (Å²) in [6, 6.07) is 5.05. The molecule has 2 aliphatic heterocycles. The van der Waals surface area contributed by atoms with E-state index in [1.165, 1.54) is 5.71 Å². The van der Waals surface area contributed by atoms with Gasteiger partial charge in [0.15, 0.2) is 0 Å². The molecule has 0 atom stereocenters. The minimum atomic E-state index is -0.160. The summed E-state index contributed by atoms with van der Waals surface area (Å²) in [4.78, 5) is 7.05. The minimum absolute atomic E-state index is 0.160. The number of halogens is 2. The summed E-state index contributed by atoms with van der Waals surface area (Å²) in [5, 5.41) is 0. The summed E-state index contributed by atoms with van der Waals surface area (Å²) in [6.07, 6.45) is 2.26. The van der Waals surface area contributed by atoms with Crippen LogP contribution in [0.2, 0.25) is 0 Å². The SMILES string of the molecule is Fc1ccc2c(c1)CN=C2C1CCN(CCCl)CC1. The maximum Gasteiger partial charge on any atom is 0.123 e. The molecule has 1 fully saturated rings. The van der Waals surface area contributed by atoms with Gasteiger partial charge in [0.2, 0.25) is 0 Å². The fourth-order valence-corrected chi connectivity index (χ4v) is 3.34. The van der Waals surface area contributed by atoms with Gasteiger partial charge in [0.25, 0.3) is 0 Å². The van der Waals surface area contributed by atoms with E-state index in [4.69, 9.17) is 11.6 Å². The molecule has 0 amide bonds. The highest BCUT2D eigenvalue weighted by atomic mass is 35.5. The molecule has 19 heavy (non-hydrogen) atoms. The molecule has 0 aromatic heterocycles. The highest BCUT2D eigenvalue weighted by molar-refractivity contribution is 6.18. The number of aliphatic imine (C=N–C) groups is 1. The lowest BCUT2D eigenvalue weighted by Gasteiger charge is -2.31. The number of benzene rings is 1. The molecule has 1 aromatic rings. The molecular weight excluding hydrogens is 263 g/mol. The Morgan fingerprint density at radius 2 is 2.11 bits per heavy atom. The van der Waals surface area contributed by atoms with Gasteiger partial charge in [-0.1, -0.05) is 0 Å². The predicted octanol–water partition coefficient (Wildman–Crippen LogP) is 3.08. The van der Waals surface area contributed by atoms with Crippen LogP contribution < -0.4 is 0 Å². The van der Waals surface area contributed by atoms with Gasteiger partial charge in [-0.2, -0.15) is 0 Å². The van der Waals surface area contributed by atoms with Gasteiger partial charge in [-0.25, -0.2) is 4.39 Å². The lowest BCUT2D eigenvalue weighted by molar-refractivity contribution is 0.221. The Kier molecular flexibility index (Phi) is 3.85. The molecule has 0 N–H and O–H groups in total. The largest absolute Gasteiger partial charge is 0.302 e. The van der Waals surface area contributed by atoms with E-state index in [2.05, 4.69) is 9.89 Å². The highest BCUT2D eigenvalue weighted by Crippen LogP contribution is 2.29. The molecule has 4 heteroatoms. The molecule has 2 nitrogen and oxygen atoms in total. The molecule has 0 saturated carbocycles. The van der Waals surface area contributed by atoms with Crippen LogP contribution in [0.1, 0.15) is 24.0 Å². The van der Waals surface area contributed by atoms with Gasteiger partial charge in [-0.05, 0) is 49.7 Å². The van der Waals surface area contributed by atoms with Crippen molar-refractivity contribution in [1.82, 2.24) is 4.90 Å². The van der Waals surface area contributed by atoms with E-state index in [9.17, 15) is 4.39 Å². The number of nitrogens with zero attached hydrogens (tertiary/aromatic N) is 2. The fraction of sp³-hybridized carbons (Fsp3) is 0.533. The van der Waals surface area contributed by atoms with Crippen molar-refractivity contribution in [2.24, 2.45) is 10.9 Å². The fourth-order valence-electron chi connectivity index (χ4n) is 3.10. The molecule has 3 rings (SSSR count). The molecule has 1 saturated heterocycles. The van der Waals surface area contributed by atoms with E-state index in [0.717, 1.165) is 43.6 Å². The molecule has 0 unspecified atom stereocenters. The predicted molar refractivity (Wildman–Crippen MR) is 76.5 cm³/mol. The number of piperidine rings is 1. The van der Waals surface area contributed by atoms with Crippen molar-refractivity contribution >= 4 is 17.3 Å². The molecule has 102 valence electrons. The van der Waals surface area contributed by atoms with Crippen molar-refractivity contribution in [2.45, 2.75) is 19.4 Å². The van der Waals surface area contributed by atoms with Crippen molar-refractivity contribution in [3.63, 3.8) is 0 Å². The molecule has 1 aromatic carbocycles. The summed E-state index contributed by atoms with van der Waals surface area (Å²) in [5.41, 5.74) is 3.40. The molecule has 2 aliphatic rings. The summed E-state index contributed by atoms with van der Waals surface area (Å²) in [5.74, 6) is 1.07. The third kappa shape index (κ3) is 2.67. The zero-order valence-corrected chi connectivity index (χ0v) is 11.7. The lowest BCUT2D eigenvalue weighted by Crippen LogP contribution is -2.37. The van der Waals surface area contributed by atoms with Gasteiger partial charge in [-0.3, -0.25) is 4.99 Å². The Morgan fingerprint density at radius 3 is 2.84 bits per heavy atom. The third-order valence-electron chi connectivity index (χ3n) is 4.14. The van der Waals surface area contributed by atoms with Crippen LogP contribution in [0.5, 0.6) is 0 Å². The van der Waals surface area contributed by atoms with Crippen molar-refractivity contribution in [2.75, 3.05) is 25.5 Å². The van der Waals surface area contributed by atoms with Crippen LogP contribution >= 0.6 is 11.6 Å². The van der Waals surface area contributed by atoms with Gasteiger partial charge < -0.3 is 4.90 Å². The van der Waals surface area contributed by atoms with Crippen LogP contribution in [-0.2, 0) is 6.54 Å².